The molecule has 1 saturated carbocycles. The molecule has 1 amide bonds. The molecule has 1 aliphatic rings. The van der Waals surface area contributed by atoms with Crippen LogP contribution in [0.15, 0.2) is 24.3 Å². The number of carbonyl (C=O) groups excluding carboxylic acids is 1. The van der Waals surface area contributed by atoms with E-state index in [0.717, 1.165) is 0 Å². The third-order valence-corrected chi connectivity index (χ3v) is 3.57. The molecule has 0 aromatic heterocycles. The smallest absolute Gasteiger partial charge is 0.238 e. The highest BCUT2D eigenvalue weighted by atomic mass is 19.1. The Morgan fingerprint density at radius 1 is 1.39 bits per heavy atom. The van der Waals surface area contributed by atoms with Crippen LogP contribution < -0.4 is 10.6 Å². The van der Waals surface area contributed by atoms with Crippen molar-refractivity contribution in [3.05, 3.63) is 30.1 Å². The molecule has 1 aromatic rings. The first-order valence-corrected chi connectivity index (χ1v) is 6.44. The molecule has 0 aliphatic heterocycles. The third kappa shape index (κ3) is 3.53. The van der Waals surface area contributed by atoms with E-state index < -0.39 is 0 Å². The van der Waals surface area contributed by atoms with Crippen molar-refractivity contribution in [3.8, 4) is 0 Å². The number of hydrogen-bond donors (Lipinski definition) is 2. The fourth-order valence-electron chi connectivity index (χ4n) is 2.10. The van der Waals surface area contributed by atoms with E-state index in [0.29, 0.717) is 24.2 Å². The predicted octanol–water partition coefficient (Wildman–Crippen LogP) is 2.54. The molecule has 2 rings (SSSR count). The maximum Gasteiger partial charge on any atom is 0.238 e. The Balaban J connectivity index is 1.72. The summed E-state index contributed by atoms with van der Waals surface area (Å²) in [6.45, 7) is 2.42. The molecular weight excluding hydrogens is 231 g/mol. The van der Waals surface area contributed by atoms with Crippen molar-refractivity contribution in [1.29, 1.82) is 0 Å². The minimum Gasteiger partial charge on any atom is -0.325 e. The lowest BCUT2D eigenvalue weighted by Crippen LogP contribution is -2.41. The van der Waals surface area contributed by atoms with Gasteiger partial charge in [0.05, 0.1) is 6.54 Å². The Labute approximate surface area is 107 Å². The van der Waals surface area contributed by atoms with E-state index >= 15 is 0 Å². The first-order chi connectivity index (χ1) is 8.65. The van der Waals surface area contributed by atoms with Crippen molar-refractivity contribution < 1.29 is 9.18 Å². The average molecular weight is 250 g/mol. The van der Waals surface area contributed by atoms with E-state index in [1.165, 1.54) is 31.4 Å². The second-order valence-electron chi connectivity index (χ2n) is 4.92. The fourth-order valence-corrected chi connectivity index (χ4v) is 2.10. The standard InChI is InChI=1S/C14H19FN2O/c1-10(11-3-2-4-11)16-9-14(18)17-13-7-5-12(15)6-8-13/h5-8,10-11,16H,2-4,9H2,1H3,(H,17,18). The Hall–Kier alpha value is -1.42. The zero-order chi connectivity index (χ0) is 13.0. The number of benzene rings is 1. The molecule has 1 unspecified atom stereocenters. The molecule has 0 saturated heterocycles. The summed E-state index contributed by atoms with van der Waals surface area (Å²) in [5.74, 6) is 0.320. The molecule has 4 heteroatoms. The summed E-state index contributed by atoms with van der Waals surface area (Å²) < 4.78 is 12.7. The van der Waals surface area contributed by atoms with E-state index in [-0.39, 0.29) is 11.7 Å². The molecule has 1 fully saturated rings. The lowest BCUT2D eigenvalue weighted by molar-refractivity contribution is -0.115. The second kappa shape index (κ2) is 5.96. The zero-order valence-electron chi connectivity index (χ0n) is 10.6. The van der Waals surface area contributed by atoms with Gasteiger partial charge in [0.15, 0.2) is 0 Å². The average Bonchev–Trinajstić information content (AvgIpc) is 2.27. The van der Waals surface area contributed by atoms with Gasteiger partial charge in [-0.2, -0.15) is 0 Å². The number of amides is 1. The summed E-state index contributed by atoms with van der Waals surface area (Å²) in [5, 5.41) is 5.96. The van der Waals surface area contributed by atoms with Gasteiger partial charge in [0.25, 0.3) is 0 Å². The van der Waals surface area contributed by atoms with Crippen LogP contribution in [0.2, 0.25) is 0 Å². The number of carbonyl (C=O) groups is 1. The van der Waals surface area contributed by atoms with Crippen molar-refractivity contribution in [2.24, 2.45) is 5.92 Å². The zero-order valence-corrected chi connectivity index (χ0v) is 10.6. The first-order valence-electron chi connectivity index (χ1n) is 6.44. The van der Waals surface area contributed by atoms with Gasteiger partial charge in [0.2, 0.25) is 5.91 Å². The molecule has 0 bridgehead atoms. The van der Waals surface area contributed by atoms with Crippen LogP contribution in [0.25, 0.3) is 0 Å². The second-order valence-corrected chi connectivity index (χ2v) is 4.92. The van der Waals surface area contributed by atoms with Crippen molar-refractivity contribution in [3.63, 3.8) is 0 Å². The van der Waals surface area contributed by atoms with Crippen LogP contribution >= 0.6 is 0 Å². The summed E-state index contributed by atoms with van der Waals surface area (Å²) >= 11 is 0. The van der Waals surface area contributed by atoms with Crippen LogP contribution in [0, 0.1) is 11.7 Å². The minimum atomic E-state index is -0.301. The van der Waals surface area contributed by atoms with E-state index in [2.05, 4.69) is 17.6 Å². The normalized spacial score (nSPS) is 17.0. The van der Waals surface area contributed by atoms with Crippen LogP contribution in [-0.2, 0) is 4.79 Å². The van der Waals surface area contributed by atoms with Gasteiger partial charge in [-0.05, 0) is 49.9 Å². The number of hydrogen-bond acceptors (Lipinski definition) is 2. The van der Waals surface area contributed by atoms with Gasteiger partial charge in [-0.3, -0.25) is 4.79 Å². The van der Waals surface area contributed by atoms with Gasteiger partial charge >= 0.3 is 0 Å². The molecule has 2 N–H and O–H groups in total. The Morgan fingerprint density at radius 3 is 2.61 bits per heavy atom. The fraction of sp³-hybridized carbons (Fsp3) is 0.500. The summed E-state index contributed by atoms with van der Waals surface area (Å²) in [5.41, 5.74) is 0.625. The Kier molecular flexibility index (Phi) is 4.31. The van der Waals surface area contributed by atoms with Gasteiger partial charge in [-0.15, -0.1) is 0 Å². The number of halogens is 1. The van der Waals surface area contributed by atoms with Crippen molar-refractivity contribution >= 4 is 11.6 Å². The first kappa shape index (κ1) is 13.0. The lowest BCUT2D eigenvalue weighted by Gasteiger charge is -2.31. The van der Waals surface area contributed by atoms with Crippen LogP contribution in [0.4, 0.5) is 10.1 Å². The van der Waals surface area contributed by atoms with E-state index in [1.807, 2.05) is 0 Å². The van der Waals surface area contributed by atoms with Crippen molar-refractivity contribution in [2.45, 2.75) is 32.2 Å². The summed E-state index contributed by atoms with van der Waals surface area (Å²) in [4.78, 5) is 11.7. The highest BCUT2D eigenvalue weighted by Crippen LogP contribution is 2.29. The molecule has 1 aromatic carbocycles. The van der Waals surface area contributed by atoms with Gasteiger partial charge in [0, 0.05) is 11.7 Å². The third-order valence-electron chi connectivity index (χ3n) is 3.57. The SMILES string of the molecule is CC(NCC(=O)Nc1ccc(F)cc1)C1CCC1. The van der Waals surface area contributed by atoms with Gasteiger partial charge < -0.3 is 10.6 Å². The van der Waals surface area contributed by atoms with Crippen LogP contribution in [-0.4, -0.2) is 18.5 Å². The van der Waals surface area contributed by atoms with E-state index in [4.69, 9.17) is 0 Å². The highest BCUT2D eigenvalue weighted by Gasteiger charge is 2.23. The number of anilines is 1. The van der Waals surface area contributed by atoms with Gasteiger partial charge in [-0.25, -0.2) is 4.39 Å². The summed E-state index contributed by atoms with van der Waals surface area (Å²) in [7, 11) is 0. The molecule has 1 atom stereocenters. The van der Waals surface area contributed by atoms with Gasteiger partial charge in [-0.1, -0.05) is 6.42 Å². The molecule has 0 heterocycles. The van der Waals surface area contributed by atoms with Crippen molar-refractivity contribution in [1.82, 2.24) is 5.32 Å². The van der Waals surface area contributed by atoms with Crippen LogP contribution in [0.1, 0.15) is 26.2 Å². The predicted molar refractivity (Wildman–Crippen MR) is 69.8 cm³/mol. The van der Waals surface area contributed by atoms with Crippen LogP contribution in [0.3, 0.4) is 0 Å². The Bertz CT molecular complexity index is 401. The minimum absolute atomic E-state index is 0.0900. The molecule has 3 nitrogen and oxygen atoms in total. The summed E-state index contributed by atoms with van der Waals surface area (Å²) in [6, 6.07) is 6.17. The van der Waals surface area contributed by atoms with E-state index in [9.17, 15) is 9.18 Å². The molecule has 1 aliphatic carbocycles. The molecular formula is C14H19FN2O. The molecule has 98 valence electrons. The largest absolute Gasteiger partial charge is 0.325 e. The monoisotopic (exact) mass is 250 g/mol. The van der Waals surface area contributed by atoms with E-state index in [1.54, 1.807) is 12.1 Å². The number of nitrogens with one attached hydrogen (secondary N) is 2. The maximum atomic E-state index is 12.7. The topological polar surface area (TPSA) is 41.1 Å². The molecule has 0 spiro atoms. The maximum absolute atomic E-state index is 12.7. The quantitative estimate of drug-likeness (QED) is 0.843. The summed E-state index contributed by atoms with van der Waals surface area (Å²) in [6.07, 6.45) is 3.82. The van der Waals surface area contributed by atoms with Crippen LogP contribution in [0.5, 0.6) is 0 Å². The lowest BCUT2D eigenvalue weighted by atomic mass is 9.80. The molecule has 18 heavy (non-hydrogen) atoms. The molecule has 0 radical (unpaired) electrons. The van der Waals surface area contributed by atoms with Crippen molar-refractivity contribution in [2.75, 3.05) is 11.9 Å². The Morgan fingerprint density at radius 2 is 2.06 bits per heavy atom. The number of rotatable bonds is 5. The highest BCUT2D eigenvalue weighted by molar-refractivity contribution is 5.92. The van der Waals surface area contributed by atoms with Gasteiger partial charge in [0.1, 0.15) is 5.82 Å².